The summed E-state index contributed by atoms with van der Waals surface area (Å²) in [6.45, 7) is 13.5. The summed E-state index contributed by atoms with van der Waals surface area (Å²) in [6.07, 6.45) is 8.19. The molecule has 22 nitrogen and oxygen atoms in total. The first-order valence-electron chi connectivity index (χ1n) is 27.0. The zero-order chi connectivity index (χ0) is 58.5. The van der Waals surface area contributed by atoms with Crippen molar-refractivity contribution in [3.05, 3.63) is 82.1 Å². The standard InChI is InChI=1S/C57H64Cl4N12O10/c1-8-45(74)66-33-11-16-80-27-37(33)64-43-20-31-35(24-62-43)68-53(47-49(58)39(76-4)22-40(77-5)50(47)59)70-55(31)72-14-10-30(26-72)82-18-19-83-42-23-41(78-6)51(60)48(52(42)61)54-69-36-25-63-44(65-38-28-81-17-12-34(38)67-46(75)9-2)21-32(36)56(71-54)73-15-13-57(3,29-73)79-7/h8-9,20-25,30,33-34,37-38H,1-2,10-19,26-29H2,3-7H3,(H,62,64)(H,63,65)(H,66,74)(H,67,75)/t30?,33-,34-,37+,38+,57?/m0/s1. The summed E-state index contributed by atoms with van der Waals surface area (Å²) in [5.41, 5.74) is 1.24. The van der Waals surface area contributed by atoms with Crippen molar-refractivity contribution in [1.82, 2.24) is 40.5 Å². The summed E-state index contributed by atoms with van der Waals surface area (Å²) >= 11 is 28.3. The molecule has 2 aromatic carbocycles. The minimum Gasteiger partial charge on any atom is -0.495 e. The van der Waals surface area contributed by atoms with E-state index in [1.54, 1.807) is 31.6 Å². The Labute approximate surface area is 499 Å². The lowest BCUT2D eigenvalue weighted by molar-refractivity contribution is -0.118. The fraction of sp³-hybridized carbons (Fsp3) is 0.439. The average molecular weight is 1220 g/mol. The molecule has 0 saturated carbocycles. The van der Waals surface area contributed by atoms with Gasteiger partial charge >= 0.3 is 0 Å². The lowest BCUT2D eigenvalue weighted by atomic mass is 10.0. The lowest BCUT2D eigenvalue weighted by Gasteiger charge is -2.33. The molecule has 2 unspecified atom stereocenters. The maximum atomic E-state index is 12.4. The van der Waals surface area contributed by atoms with Gasteiger partial charge in [0.2, 0.25) is 11.8 Å². The van der Waals surface area contributed by atoms with Crippen LogP contribution in [0.4, 0.5) is 23.3 Å². The van der Waals surface area contributed by atoms with Crippen LogP contribution in [0.15, 0.2) is 62.0 Å². The molecule has 8 heterocycles. The molecule has 0 radical (unpaired) electrons. The first-order valence-corrected chi connectivity index (χ1v) is 28.5. The topological polar surface area (TPSA) is 240 Å². The Morgan fingerprint density at radius 2 is 1.16 bits per heavy atom. The monoisotopic (exact) mass is 1220 g/mol. The molecule has 4 aromatic heterocycles. The third-order valence-corrected chi connectivity index (χ3v) is 16.8. The summed E-state index contributed by atoms with van der Waals surface area (Å²) in [6, 6.07) is 6.02. The Kier molecular flexibility index (Phi) is 18.6. The van der Waals surface area contributed by atoms with E-state index in [0.717, 1.165) is 11.8 Å². The van der Waals surface area contributed by atoms with Gasteiger partial charge < -0.3 is 69.0 Å². The molecule has 4 aliphatic rings. The Hall–Kier alpha value is -6.76. The second-order valence-corrected chi connectivity index (χ2v) is 22.1. The molecule has 0 aliphatic carbocycles. The minimum atomic E-state index is -0.431. The van der Waals surface area contributed by atoms with Gasteiger partial charge in [0, 0.05) is 69.4 Å². The van der Waals surface area contributed by atoms with E-state index in [2.05, 4.69) is 51.1 Å². The van der Waals surface area contributed by atoms with Crippen LogP contribution < -0.4 is 50.0 Å². The zero-order valence-electron chi connectivity index (χ0n) is 46.5. The van der Waals surface area contributed by atoms with E-state index in [1.807, 2.05) is 12.1 Å². The molecular formula is C57H64Cl4N12O10. The second kappa shape index (κ2) is 26.0. The van der Waals surface area contributed by atoms with Gasteiger partial charge in [0.05, 0.1) is 132 Å². The van der Waals surface area contributed by atoms with Gasteiger partial charge in [-0.1, -0.05) is 59.6 Å². The van der Waals surface area contributed by atoms with Crippen LogP contribution in [0.1, 0.15) is 32.6 Å². The molecule has 4 N–H and O–H groups in total. The number of rotatable bonds is 21. The van der Waals surface area contributed by atoms with Crippen molar-refractivity contribution < 1.29 is 47.5 Å². The molecule has 83 heavy (non-hydrogen) atoms. The number of anilines is 4. The SMILES string of the molecule is C=CC(=O)N[C@H]1CCOC[C@H]1Nc1cc2c(N3CCC(OCCOc4cc(OC)c(Cl)c(-c5nc(N6CCC(C)(OC)C6)c6cc(N[C@@H]7COCC[C@@H]7NC(=O)C=C)ncc6n5)c4Cl)C3)nc(-c3c(Cl)c(OC)cc(OC)c3Cl)nc2cn1. The molecule has 26 heteroatoms. The predicted octanol–water partition coefficient (Wildman–Crippen LogP) is 8.37. The van der Waals surface area contributed by atoms with Crippen molar-refractivity contribution in [2.24, 2.45) is 0 Å². The molecule has 6 aromatic rings. The van der Waals surface area contributed by atoms with E-state index in [-0.39, 0.29) is 92.8 Å². The van der Waals surface area contributed by atoms with Crippen LogP contribution >= 0.6 is 46.4 Å². The highest BCUT2D eigenvalue weighted by Gasteiger charge is 2.37. The molecule has 4 saturated heterocycles. The number of halogens is 4. The summed E-state index contributed by atoms with van der Waals surface area (Å²) in [4.78, 5) is 58.7. The number of nitrogens with zero attached hydrogens (tertiary/aromatic N) is 8. The van der Waals surface area contributed by atoms with Gasteiger partial charge in [0.1, 0.15) is 52.9 Å². The Bertz CT molecular complexity index is 3410. The number of carbonyl (C=O) groups is 2. The molecule has 4 aliphatic heterocycles. The summed E-state index contributed by atoms with van der Waals surface area (Å²) in [5, 5.41) is 15.1. The van der Waals surface area contributed by atoms with Gasteiger partial charge in [-0.25, -0.2) is 29.9 Å². The maximum absolute atomic E-state index is 12.4. The average Bonchev–Trinajstić information content (AvgIpc) is 4.36. The number of fused-ring (bicyclic) bond motifs is 2. The summed E-state index contributed by atoms with van der Waals surface area (Å²) in [7, 11) is 6.21. The van der Waals surface area contributed by atoms with Crippen LogP contribution in [0.3, 0.4) is 0 Å². The van der Waals surface area contributed by atoms with Crippen LogP contribution in [-0.4, -0.2) is 172 Å². The molecular weight excluding hydrogens is 1150 g/mol. The van der Waals surface area contributed by atoms with E-state index >= 15 is 0 Å². The van der Waals surface area contributed by atoms with Gasteiger partial charge in [0.25, 0.3) is 0 Å². The summed E-state index contributed by atoms with van der Waals surface area (Å²) < 4.78 is 47.4. The molecule has 6 atom stereocenters. The van der Waals surface area contributed by atoms with Crippen molar-refractivity contribution >= 4 is 103 Å². The molecule has 0 spiro atoms. The van der Waals surface area contributed by atoms with Gasteiger partial charge in [-0.3, -0.25) is 9.59 Å². The van der Waals surface area contributed by atoms with E-state index in [1.165, 1.54) is 33.5 Å². The number of carbonyl (C=O) groups excluding carboxylic acids is 2. The fourth-order valence-corrected chi connectivity index (χ4v) is 12.0. The largest absolute Gasteiger partial charge is 0.495 e. The quantitative estimate of drug-likeness (QED) is 0.0391. The molecule has 4 fully saturated rings. The Morgan fingerprint density at radius 3 is 1.64 bits per heavy atom. The maximum Gasteiger partial charge on any atom is 0.243 e. The number of nitrogens with one attached hydrogen (secondary N) is 4. The lowest BCUT2D eigenvalue weighted by Crippen LogP contribution is -2.52. The first kappa shape index (κ1) is 59.4. The fourth-order valence-electron chi connectivity index (χ4n) is 10.7. The predicted molar refractivity (Wildman–Crippen MR) is 319 cm³/mol. The molecule has 10 rings (SSSR count). The van der Waals surface area contributed by atoms with Crippen molar-refractivity contribution in [3.8, 4) is 45.8 Å². The highest BCUT2D eigenvalue weighted by atomic mass is 35.5. The molecule has 0 bridgehead atoms. The van der Waals surface area contributed by atoms with Crippen LogP contribution in [-0.2, 0) is 28.5 Å². The van der Waals surface area contributed by atoms with Gasteiger partial charge in [-0.2, -0.15) is 0 Å². The number of benzene rings is 2. The number of hydrogen-bond donors (Lipinski definition) is 4. The van der Waals surface area contributed by atoms with E-state index in [0.29, 0.717) is 140 Å². The van der Waals surface area contributed by atoms with Crippen molar-refractivity contribution in [3.63, 3.8) is 0 Å². The van der Waals surface area contributed by atoms with Gasteiger partial charge in [-0.05, 0) is 56.9 Å². The Morgan fingerprint density at radius 1 is 0.663 bits per heavy atom. The zero-order valence-corrected chi connectivity index (χ0v) is 49.5. The van der Waals surface area contributed by atoms with E-state index in [4.69, 9.17) is 114 Å². The number of pyridine rings is 2. The van der Waals surface area contributed by atoms with Crippen LogP contribution in [0, 0.1) is 0 Å². The first-order chi connectivity index (χ1) is 40.1. The third-order valence-electron chi connectivity index (χ3n) is 15.3. The van der Waals surface area contributed by atoms with Crippen LogP contribution in [0.5, 0.6) is 23.0 Å². The number of amides is 2. The van der Waals surface area contributed by atoms with Crippen molar-refractivity contribution in [2.45, 2.75) is 68.5 Å². The van der Waals surface area contributed by atoms with Crippen LogP contribution in [0.2, 0.25) is 20.1 Å². The number of hydrogen-bond acceptors (Lipinski definition) is 20. The van der Waals surface area contributed by atoms with Gasteiger partial charge in [0.15, 0.2) is 11.6 Å². The van der Waals surface area contributed by atoms with Gasteiger partial charge in [-0.15, -0.1) is 0 Å². The van der Waals surface area contributed by atoms with Crippen molar-refractivity contribution in [1.29, 1.82) is 0 Å². The number of methoxy groups -OCH3 is 4. The molecule has 440 valence electrons. The second-order valence-electron chi connectivity index (χ2n) is 20.5. The third kappa shape index (κ3) is 12.8. The molecule has 2 amide bonds. The van der Waals surface area contributed by atoms with Crippen LogP contribution in [0.25, 0.3) is 44.6 Å². The normalized spacial score (nSPS) is 21.6. The number of ether oxygens (including phenoxy) is 8. The smallest absolute Gasteiger partial charge is 0.243 e. The highest BCUT2D eigenvalue weighted by Crippen LogP contribution is 2.48. The minimum absolute atomic E-state index is 0.104. The van der Waals surface area contributed by atoms with Crippen molar-refractivity contribution in [2.75, 3.05) is 115 Å². The van der Waals surface area contributed by atoms with E-state index in [9.17, 15) is 9.59 Å². The highest BCUT2D eigenvalue weighted by molar-refractivity contribution is 6.41. The Balaban J connectivity index is 0.896. The summed E-state index contributed by atoms with van der Waals surface area (Å²) in [5.74, 6) is 3.43. The number of aromatic nitrogens is 6. The van der Waals surface area contributed by atoms with E-state index < -0.39 is 5.60 Å².